The number of rotatable bonds is 10. The topological polar surface area (TPSA) is 4.44 Å². The van der Waals surface area contributed by atoms with Gasteiger partial charge in [0.15, 0.2) is 5.50 Å². The van der Waals surface area contributed by atoms with Gasteiger partial charge >= 0.3 is 0 Å². The zero-order chi connectivity index (χ0) is 11.5. The molecule has 1 atom stereocenters. The smallest absolute Gasteiger partial charge is 0.163 e. The van der Waals surface area contributed by atoms with E-state index in [0.717, 1.165) is 19.5 Å². The summed E-state index contributed by atoms with van der Waals surface area (Å²) in [6.45, 7) is 10.6. The molecule has 2 heteroatoms. The normalized spacial score (nSPS) is 13.4. The van der Waals surface area contributed by atoms with Crippen LogP contribution in [0.1, 0.15) is 58.8 Å². The van der Waals surface area contributed by atoms with Crippen molar-refractivity contribution in [2.75, 3.05) is 13.1 Å². The van der Waals surface area contributed by atoms with Gasteiger partial charge in [0, 0.05) is 6.42 Å². The predicted molar refractivity (Wildman–Crippen MR) is 69.4 cm³/mol. The highest BCUT2D eigenvalue weighted by atomic mass is 35.5. The van der Waals surface area contributed by atoms with Gasteiger partial charge in [0.05, 0.1) is 13.1 Å². The zero-order valence-corrected chi connectivity index (χ0v) is 11.3. The van der Waals surface area contributed by atoms with Gasteiger partial charge in [-0.05, 0) is 20.3 Å². The van der Waals surface area contributed by atoms with E-state index in [1.165, 1.54) is 43.4 Å². The summed E-state index contributed by atoms with van der Waals surface area (Å²) in [5.74, 6) is 0. The van der Waals surface area contributed by atoms with E-state index in [4.69, 9.17) is 11.6 Å². The second-order valence-electron chi connectivity index (χ2n) is 4.24. The Morgan fingerprint density at radius 1 is 1.00 bits per heavy atom. The third-order valence-electron chi connectivity index (χ3n) is 3.06. The molecule has 0 aromatic rings. The Kier molecular flexibility index (Phi) is 10.9. The van der Waals surface area contributed by atoms with Crippen LogP contribution in [0.2, 0.25) is 0 Å². The summed E-state index contributed by atoms with van der Waals surface area (Å²) < 4.78 is 0. The number of hydrogen-bond acceptors (Lipinski definition) is 0. The van der Waals surface area contributed by atoms with E-state index in [1.54, 1.807) is 0 Å². The lowest BCUT2D eigenvalue weighted by Gasteiger charge is -2.21. The van der Waals surface area contributed by atoms with Crippen LogP contribution in [0.25, 0.3) is 0 Å². The number of halogens is 1. The molecule has 0 spiro atoms. The molecule has 0 bridgehead atoms. The fraction of sp³-hybridized carbons (Fsp3) is 0.923. The molecule has 0 amide bonds. The number of alkyl halides is 1. The van der Waals surface area contributed by atoms with Crippen LogP contribution in [-0.4, -0.2) is 18.6 Å². The lowest BCUT2D eigenvalue weighted by molar-refractivity contribution is -0.909. The van der Waals surface area contributed by atoms with E-state index in [9.17, 15) is 0 Å². The summed E-state index contributed by atoms with van der Waals surface area (Å²) >= 11 is 6.34. The number of nitrogens with one attached hydrogen (secondary N) is 1. The van der Waals surface area contributed by atoms with Crippen molar-refractivity contribution in [1.82, 2.24) is 0 Å². The van der Waals surface area contributed by atoms with E-state index >= 15 is 0 Å². The average Bonchev–Trinajstić information content (AvgIpc) is 2.25. The second-order valence-corrected chi connectivity index (χ2v) is 4.77. The standard InChI is InChI=1S/C13H27ClN/c1-4-7-8-9-10-11-12-13(14)15(5-2)6-3/h13H,1,4-12H2,2-3H3/q-1/p+1. The maximum Gasteiger partial charge on any atom is 0.163 e. The fourth-order valence-corrected chi connectivity index (χ4v) is 2.39. The van der Waals surface area contributed by atoms with Crippen molar-refractivity contribution in [2.24, 2.45) is 0 Å². The molecule has 0 heterocycles. The molecule has 0 aliphatic carbocycles. The van der Waals surface area contributed by atoms with Gasteiger partial charge < -0.3 is 11.8 Å². The Morgan fingerprint density at radius 2 is 1.53 bits per heavy atom. The lowest BCUT2D eigenvalue weighted by Crippen LogP contribution is -3.14. The number of unbranched alkanes of at least 4 members (excludes halogenated alkanes) is 5. The molecule has 1 nitrogen and oxygen atoms in total. The van der Waals surface area contributed by atoms with Crippen LogP contribution in [0, 0.1) is 6.92 Å². The lowest BCUT2D eigenvalue weighted by atomic mass is 10.1. The van der Waals surface area contributed by atoms with Gasteiger partial charge in [-0.15, -0.1) is 0 Å². The van der Waals surface area contributed by atoms with Crippen molar-refractivity contribution in [3.63, 3.8) is 0 Å². The highest BCUT2D eigenvalue weighted by molar-refractivity contribution is 6.19. The average molecular weight is 234 g/mol. The van der Waals surface area contributed by atoms with Crippen LogP contribution < -0.4 is 4.90 Å². The Morgan fingerprint density at radius 3 is 2.07 bits per heavy atom. The Hall–Kier alpha value is 0.250. The van der Waals surface area contributed by atoms with E-state index < -0.39 is 0 Å². The maximum atomic E-state index is 6.34. The van der Waals surface area contributed by atoms with Crippen molar-refractivity contribution in [2.45, 2.75) is 64.3 Å². The van der Waals surface area contributed by atoms with E-state index in [2.05, 4.69) is 20.8 Å². The van der Waals surface area contributed by atoms with Gasteiger partial charge in [0.2, 0.25) is 0 Å². The third kappa shape index (κ3) is 8.10. The fourth-order valence-electron chi connectivity index (χ4n) is 1.93. The first-order valence-corrected chi connectivity index (χ1v) is 6.97. The van der Waals surface area contributed by atoms with Crippen LogP contribution in [0.5, 0.6) is 0 Å². The van der Waals surface area contributed by atoms with Crippen LogP contribution >= 0.6 is 11.6 Å². The highest BCUT2D eigenvalue weighted by Gasteiger charge is 2.14. The largest absolute Gasteiger partial charge is 0.343 e. The minimum absolute atomic E-state index is 0.327. The zero-order valence-electron chi connectivity index (χ0n) is 10.5. The van der Waals surface area contributed by atoms with Crippen LogP contribution in [-0.2, 0) is 0 Å². The molecular formula is C13H28ClN. The summed E-state index contributed by atoms with van der Waals surface area (Å²) in [4.78, 5) is 1.52. The molecule has 0 rings (SSSR count). The van der Waals surface area contributed by atoms with Crippen LogP contribution in [0.15, 0.2) is 0 Å². The SMILES string of the molecule is [CH2-]CCCCCCCC(Cl)[NH+](CC)CC. The van der Waals surface area contributed by atoms with E-state index in [1.807, 2.05) is 0 Å². The molecule has 0 fully saturated rings. The summed E-state index contributed by atoms with van der Waals surface area (Å²) in [7, 11) is 0. The monoisotopic (exact) mass is 233 g/mol. The van der Waals surface area contributed by atoms with Gasteiger partial charge in [-0.1, -0.05) is 37.3 Å². The molecule has 1 N–H and O–H groups in total. The first-order chi connectivity index (χ1) is 7.26. The number of hydrogen-bond donors (Lipinski definition) is 1. The molecular weight excluding hydrogens is 206 g/mol. The molecule has 15 heavy (non-hydrogen) atoms. The van der Waals surface area contributed by atoms with Gasteiger partial charge in [0.1, 0.15) is 0 Å². The summed E-state index contributed by atoms with van der Waals surface area (Å²) in [5.41, 5.74) is 0.327. The van der Waals surface area contributed by atoms with Crippen molar-refractivity contribution in [3.8, 4) is 0 Å². The van der Waals surface area contributed by atoms with E-state index in [-0.39, 0.29) is 0 Å². The molecule has 0 aromatic heterocycles. The Balaban J connectivity index is 3.33. The quantitative estimate of drug-likeness (QED) is 0.256. The third-order valence-corrected chi connectivity index (χ3v) is 3.59. The Labute approximate surface area is 101 Å². The minimum atomic E-state index is 0.327. The van der Waals surface area contributed by atoms with E-state index in [0.29, 0.717) is 5.50 Å². The first kappa shape index (κ1) is 15.2. The van der Waals surface area contributed by atoms with Gasteiger partial charge in [-0.25, -0.2) is 0 Å². The summed E-state index contributed by atoms with van der Waals surface area (Å²) in [5, 5.41) is 0. The summed E-state index contributed by atoms with van der Waals surface area (Å²) in [6.07, 6.45) is 8.86. The molecule has 0 saturated carbocycles. The maximum absolute atomic E-state index is 6.34. The van der Waals surface area contributed by atoms with Crippen molar-refractivity contribution < 1.29 is 4.90 Å². The molecule has 0 saturated heterocycles. The van der Waals surface area contributed by atoms with Gasteiger partial charge in [-0.3, -0.25) is 0 Å². The highest BCUT2D eigenvalue weighted by Crippen LogP contribution is 2.08. The molecule has 0 aromatic carbocycles. The Bertz CT molecular complexity index is 124. The van der Waals surface area contributed by atoms with Crippen molar-refractivity contribution in [1.29, 1.82) is 0 Å². The molecule has 0 radical (unpaired) electrons. The molecule has 1 unspecified atom stereocenters. The molecule has 92 valence electrons. The van der Waals surface area contributed by atoms with Crippen LogP contribution in [0.3, 0.4) is 0 Å². The van der Waals surface area contributed by atoms with Gasteiger partial charge in [0.25, 0.3) is 0 Å². The van der Waals surface area contributed by atoms with Gasteiger partial charge in [-0.2, -0.15) is 6.42 Å². The van der Waals surface area contributed by atoms with Crippen LogP contribution in [0.4, 0.5) is 0 Å². The molecule has 0 aliphatic rings. The predicted octanol–water partition coefficient (Wildman–Crippen LogP) is 3.04. The van der Waals surface area contributed by atoms with Crippen molar-refractivity contribution >= 4 is 11.6 Å². The molecule has 0 aliphatic heterocycles. The number of quaternary nitrogens is 1. The minimum Gasteiger partial charge on any atom is -0.343 e. The second kappa shape index (κ2) is 10.8. The van der Waals surface area contributed by atoms with Crippen molar-refractivity contribution in [3.05, 3.63) is 6.92 Å². The summed E-state index contributed by atoms with van der Waals surface area (Å²) in [6, 6.07) is 0. The first-order valence-electron chi connectivity index (χ1n) is 6.54.